The summed E-state index contributed by atoms with van der Waals surface area (Å²) in [5, 5.41) is 2.82. The van der Waals surface area contributed by atoms with Crippen LogP contribution in [0.5, 0.6) is 0 Å². The standard InChI is InChI=1S/C28H29N3O5S/c1-2-29-27(33)24(19-21-11-5-3-6-12-21)30(20-22-13-7-4-8-14-22)26(32)17-18-31-28(34)23-15-9-10-16-25(23)37(31,35)36/h3-16,24H,2,17-20H2,1H3,(H,29,33)/t24-/m1/s1. The van der Waals surface area contributed by atoms with Crippen LogP contribution in [0.2, 0.25) is 0 Å². The molecule has 1 heterocycles. The van der Waals surface area contributed by atoms with Gasteiger partial charge in [-0.1, -0.05) is 72.8 Å². The van der Waals surface area contributed by atoms with Crippen molar-refractivity contribution < 1.29 is 22.8 Å². The average Bonchev–Trinajstić information content (AvgIpc) is 3.10. The number of hydrogen-bond donors (Lipinski definition) is 1. The zero-order valence-electron chi connectivity index (χ0n) is 20.5. The van der Waals surface area contributed by atoms with Crippen LogP contribution in [0.1, 0.15) is 34.8 Å². The normalized spacial score (nSPS) is 14.6. The number of sulfonamides is 1. The van der Waals surface area contributed by atoms with Gasteiger partial charge in [0.15, 0.2) is 0 Å². The van der Waals surface area contributed by atoms with Crippen LogP contribution in [0, 0.1) is 0 Å². The molecule has 0 unspecified atom stereocenters. The maximum Gasteiger partial charge on any atom is 0.269 e. The number of fused-ring (bicyclic) bond motifs is 1. The fourth-order valence-electron chi connectivity index (χ4n) is 4.42. The van der Waals surface area contributed by atoms with E-state index in [4.69, 9.17) is 0 Å². The molecule has 37 heavy (non-hydrogen) atoms. The molecule has 9 heteroatoms. The van der Waals surface area contributed by atoms with E-state index in [9.17, 15) is 22.8 Å². The summed E-state index contributed by atoms with van der Waals surface area (Å²) in [7, 11) is -4.04. The Hall–Kier alpha value is -3.98. The molecule has 1 aliphatic heterocycles. The number of nitrogens with zero attached hydrogens (tertiary/aromatic N) is 2. The molecule has 1 N–H and O–H groups in total. The molecule has 0 aromatic heterocycles. The van der Waals surface area contributed by atoms with E-state index in [-0.39, 0.29) is 42.3 Å². The molecule has 192 valence electrons. The summed E-state index contributed by atoms with van der Waals surface area (Å²) in [6.07, 6.45) is 0.0358. The fraction of sp³-hybridized carbons (Fsp3) is 0.250. The average molecular weight is 520 g/mol. The molecule has 3 aromatic carbocycles. The van der Waals surface area contributed by atoms with Crippen molar-refractivity contribution in [2.45, 2.75) is 37.2 Å². The van der Waals surface area contributed by atoms with Gasteiger partial charge < -0.3 is 10.2 Å². The summed E-state index contributed by atoms with van der Waals surface area (Å²) in [5.74, 6) is -1.37. The van der Waals surface area contributed by atoms with Crippen LogP contribution in [-0.2, 0) is 32.6 Å². The highest BCUT2D eigenvalue weighted by Gasteiger charge is 2.41. The van der Waals surface area contributed by atoms with Gasteiger partial charge in [0.1, 0.15) is 10.9 Å². The van der Waals surface area contributed by atoms with E-state index in [1.807, 2.05) is 67.6 Å². The van der Waals surface area contributed by atoms with Crippen LogP contribution < -0.4 is 5.32 Å². The molecule has 1 aliphatic rings. The third kappa shape index (κ3) is 5.72. The van der Waals surface area contributed by atoms with Gasteiger partial charge in [0.2, 0.25) is 11.8 Å². The Bertz CT molecular complexity index is 1380. The molecule has 3 aromatic rings. The van der Waals surface area contributed by atoms with Crippen molar-refractivity contribution in [1.82, 2.24) is 14.5 Å². The number of likely N-dealkylation sites (N-methyl/N-ethyl adjacent to an activating group) is 1. The first kappa shape index (κ1) is 26.1. The predicted octanol–water partition coefficient (Wildman–Crippen LogP) is 3.00. The van der Waals surface area contributed by atoms with E-state index >= 15 is 0 Å². The van der Waals surface area contributed by atoms with Crippen LogP contribution >= 0.6 is 0 Å². The summed E-state index contributed by atoms with van der Waals surface area (Å²) in [6, 6.07) is 23.9. The Balaban J connectivity index is 1.61. The second-order valence-corrected chi connectivity index (χ2v) is 10.6. The topological polar surface area (TPSA) is 104 Å². The number of nitrogens with one attached hydrogen (secondary N) is 1. The van der Waals surface area contributed by atoms with Crippen molar-refractivity contribution in [2.24, 2.45) is 0 Å². The molecule has 0 saturated carbocycles. The number of amides is 3. The molecular weight excluding hydrogens is 490 g/mol. The molecule has 0 bridgehead atoms. The van der Waals surface area contributed by atoms with Gasteiger partial charge in [0.05, 0.1) is 5.56 Å². The van der Waals surface area contributed by atoms with E-state index in [0.717, 1.165) is 15.4 Å². The van der Waals surface area contributed by atoms with Gasteiger partial charge in [-0.25, -0.2) is 12.7 Å². The van der Waals surface area contributed by atoms with E-state index < -0.39 is 27.9 Å². The highest BCUT2D eigenvalue weighted by atomic mass is 32.2. The monoisotopic (exact) mass is 519 g/mol. The van der Waals surface area contributed by atoms with Crippen LogP contribution in [-0.4, -0.2) is 54.5 Å². The summed E-state index contributed by atoms with van der Waals surface area (Å²) in [5.41, 5.74) is 1.81. The van der Waals surface area contributed by atoms with Gasteiger partial charge in [-0.15, -0.1) is 0 Å². The molecular formula is C28H29N3O5S. The summed E-state index contributed by atoms with van der Waals surface area (Å²) < 4.78 is 26.6. The van der Waals surface area contributed by atoms with Gasteiger partial charge in [0.25, 0.3) is 15.9 Å². The Kier molecular flexibility index (Phi) is 8.03. The van der Waals surface area contributed by atoms with Crippen molar-refractivity contribution in [2.75, 3.05) is 13.1 Å². The first-order valence-corrected chi connectivity index (χ1v) is 13.6. The second kappa shape index (κ2) is 11.4. The predicted molar refractivity (Wildman–Crippen MR) is 139 cm³/mol. The molecule has 0 fully saturated rings. The van der Waals surface area contributed by atoms with Crippen molar-refractivity contribution in [3.8, 4) is 0 Å². The van der Waals surface area contributed by atoms with Crippen LogP contribution in [0.15, 0.2) is 89.8 Å². The van der Waals surface area contributed by atoms with Gasteiger partial charge in [-0.2, -0.15) is 0 Å². The Morgan fingerprint density at radius 1 is 0.892 bits per heavy atom. The lowest BCUT2D eigenvalue weighted by molar-refractivity contribution is -0.141. The largest absolute Gasteiger partial charge is 0.355 e. The molecule has 4 rings (SSSR count). The van der Waals surface area contributed by atoms with E-state index in [2.05, 4.69) is 5.32 Å². The molecule has 3 amide bonds. The van der Waals surface area contributed by atoms with Crippen molar-refractivity contribution >= 4 is 27.7 Å². The lowest BCUT2D eigenvalue weighted by Gasteiger charge is -2.32. The smallest absolute Gasteiger partial charge is 0.269 e. The van der Waals surface area contributed by atoms with Gasteiger partial charge in [0, 0.05) is 32.5 Å². The number of carbonyl (C=O) groups excluding carboxylic acids is 3. The highest BCUT2D eigenvalue weighted by Crippen LogP contribution is 2.30. The Morgan fingerprint density at radius 2 is 1.49 bits per heavy atom. The number of carbonyl (C=O) groups is 3. The molecule has 0 radical (unpaired) electrons. The lowest BCUT2D eigenvalue weighted by Crippen LogP contribution is -2.51. The second-order valence-electron chi connectivity index (χ2n) is 8.74. The summed E-state index contributed by atoms with van der Waals surface area (Å²) in [4.78, 5) is 41.1. The van der Waals surface area contributed by atoms with E-state index in [1.54, 1.807) is 12.1 Å². The molecule has 0 saturated heterocycles. The molecule has 1 atom stereocenters. The van der Waals surface area contributed by atoms with Crippen molar-refractivity contribution in [3.63, 3.8) is 0 Å². The quantitative estimate of drug-likeness (QED) is 0.444. The Labute approximate surface area is 217 Å². The first-order valence-electron chi connectivity index (χ1n) is 12.1. The molecule has 8 nitrogen and oxygen atoms in total. The minimum absolute atomic E-state index is 0.0575. The van der Waals surface area contributed by atoms with Crippen LogP contribution in [0.4, 0.5) is 0 Å². The lowest BCUT2D eigenvalue weighted by atomic mass is 10.0. The SMILES string of the molecule is CCNC(=O)[C@@H](Cc1ccccc1)N(Cc1ccccc1)C(=O)CCN1C(=O)c2ccccc2S1(=O)=O. The first-order chi connectivity index (χ1) is 17.8. The summed E-state index contributed by atoms with van der Waals surface area (Å²) in [6.45, 7) is 2.06. The number of hydrogen-bond acceptors (Lipinski definition) is 5. The molecule has 0 aliphatic carbocycles. The minimum Gasteiger partial charge on any atom is -0.355 e. The zero-order chi connectivity index (χ0) is 26.4. The van der Waals surface area contributed by atoms with E-state index in [0.29, 0.717) is 6.54 Å². The number of benzene rings is 3. The van der Waals surface area contributed by atoms with Gasteiger partial charge in [-0.05, 0) is 30.2 Å². The highest BCUT2D eigenvalue weighted by molar-refractivity contribution is 7.90. The van der Waals surface area contributed by atoms with E-state index in [1.165, 1.54) is 17.0 Å². The maximum absolute atomic E-state index is 13.6. The van der Waals surface area contributed by atoms with Gasteiger partial charge in [-0.3, -0.25) is 14.4 Å². The molecule has 0 spiro atoms. The third-order valence-electron chi connectivity index (χ3n) is 6.26. The van der Waals surface area contributed by atoms with Crippen LogP contribution in [0.3, 0.4) is 0 Å². The third-order valence-corrected chi connectivity index (χ3v) is 8.10. The Morgan fingerprint density at radius 3 is 2.11 bits per heavy atom. The van der Waals surface area contributed by atoms with Gasteiger partial charge >= 0.3 is 0 Å². The van der Waals surface area contributed by atoms with Crippen molar-refractivity contribution in [3.05, 3.63) is 102 Å². The fourth-order valence-corrected chi connectivity index (χ4v) is 5.99. The number of rotatable bonds is 10. The minimum atomic E-state index is -4.04. The van der Waals surface area contributed by atoms with Crippen molar-refractivity contribution in [1.29, 1.82) is 0 Å². The zero-order valence-corrected chi connectivity index (χ0v) is 21.4. The maximum atomic E-state index is 13.6. The van der Waals surface area contributed by atoms with Crippen LogP contribution in [0.25, 0.3) is 0 Å². The summed E-state index contributed by atoms with van der Waals surface area (Å²) >= 11 is 0.